The first kappa shape index (κ1) is 14.7. The van der Waals surface area contributed by atoms with Gasteiger partial charge in [-0.3, -0.25) is 4.79 Å². The Bertz CT molecular complexity index is 629. The number of benzene rings is 2. The Hall–Kier alpha value is -1.71. The van der Waals surface area contributed by atoms with E-state index in [1.54, 1.807) is 42.5 Å². The molecule has 0 bridgehead atoms. The molecule has 0 aliphatic rings. The SMILES string of the molecule is CCOc1ccc(C(=O)Nc2cccc(Cl)c2)cc1Cl. The number of amides is 1. The third-order valence-electron chi connectivity index (χ3n) is 2.58. The van der Waals surface area contributed by atoms with E-state index in [2.05, 4.69) is 5.32 Å². The largest absolute Gasteiger partial charge is 0.492 e. The fourth-order valence-electron chi connectivity index (χ4n) is 1.68. The predicted molar refractivity (Wildman–Crippen MR) is 82.0 cm³/mol. The van der Waals surface area contributed by atoms with Gasteiger partial charge in [-0.2, -0.15) is 0 Å². The highest BCUT2D eigenvalue weighted by Crippen LogP contribution is 2.26. The molecule has 20 heavy (non-hydrogen) atoms. The first-order chi connectivity index (χ1) is 9.60. The number of anilines is 1. The summed E-state index contributed by atoms with van der Waals surface area (Å²) in [6.45, 7) is 2.39. The average molecular weight is 310 g/mol. The smallest absolute Gasteiger partial charge is 0.255 e. The van der Waals surface area contributed by atoms with E-state index >= 15 is 0 Å². The van der Waals surface area contributed by atoms with Gasteiger partial charge in [0.25, 0.3) is 5.91 Å². The zero-order valence-corrected chi connectivity index (χ0v) is 12.3. The number of rotatable bonds is 4. The predicted octanol–water partition coefficient (Wildman–Crippen LogP) is 4.64. The van der Waals surface area contributed by atoms with Crippen molar-refractivity contribution in [2.24, 2.45) is 0 Å². The zero-order valence-electron chi connectivity index (χ0n) is 10.8. The molecule has 1 amide bonds. The Kier molecular flexibility index (Phi) is 4.88. The number of halogens is 2. The van der Waals surface area contributed by atoms with Crippen molar-refractivity contribution in [1.82, 2.24) is 0 Å². The Morgan fingerprint density at radius 3 is 2.65 bits per heavy atom. The van der Waals surface area contributed by atoms with Crippen LogP contribution in [-0.2, 0) is 0 Å². The highest BCUT2D eigenvalue weighted by Gasteiger charge is 2.09. The number of carbonyl (C=O) groups is 1. The summed E-state index contributed by atoms with van der Waals surface area (Å²) in [5.41, 5.74) is 1.09. The van der Waals surface area contributed by atoms with Crippen molar-refractivity contribution in [1.29, 1.82) is 0 Å². The minimum atomic E-state index is -0.253. The minimum Gasteiger partial charge on any atom is -0.492 e. The Labute approximate surface area is 127 Å². The van der Waals surface area contributed by atoms with Crippen LogP contribution < -0.4 is 10.1 Å². The maximum Gasteiger partial charge on any atom is 0.255 e. The van der Waals surface area contributed by atoms with Crippen molar-refractivity contribution in [3.8, 4) is 5.75 Å². The first-order valence-electron chi connectivity index (χ1n) is 6.09. The molecule has 0 atom stereocenters. The van der Waals surface area contributed by atoms with E-state index in [4.69, 9.17) is 27.9 Å². The van der Waals surface area contributed by atoms with Crippen molar-refractivity contribution in [3.63, 3.8) is 0 Å². The number of hydrogen-bond acceptors (Lipinski definition) is 2. The van der Waals surface area contributed by atoms with E-state index in [9.17, 15) is 4.79 Å². The molecule has 0 unspecified atom stereocenters. The second-order valence-corrected chi connectivity index (χ2v) is 4.89. The number of nitrogens with one attached hydrogen (secondary N) is 1. The summed E-state index contributed by atoms with van der Waals surface area (Å²) in [4.78, 5) is 12.1. The minimum absolute atomic E-state index is 0.253. The molecule has 0 saturated carbocycles. The highest BCUT2D eigenvalue weighted by molar-refractivity contribution is 6.32. The van der Waals surface area contributed by atoms with E-state index in [-0.39, 0.29) is 5.91 Å². The third-order valence-corrected chi connectivity index (χ3v) is 3.11. The molecular weight excluding hydrogens is 297 g/mol. The van der Waals surface area contributed by atoms with Gasteiger partial charge in [0, 0.05) is 16.3 Å². The van der Waals surface area contributed by atoms with E-state index in [0.717, 1.165) is 0 Å². The standard InChI is InChI=1S/C15H13Cl2NO2/c1-2-20-14-7-6-10(8-13(14)17)15(19)18-12-5-3-4-11(16)9-12/h3-9H,2H2,1H3,(H,18,19). The lowest BCUT2D eigenvalue weighted by Gasteiger charge is -2.09. The van der Waals surface area contributed by atoms with Gasteiger partial charge < -0.3 is 10.1 Å². The Morgan fingerprint density at radius 2 is 2.00 bits per heavy atom. The van der Waals surface area contributed by atoms with E-state index < -0.39 is 0 Å². The quantitative estimate of drug-likeness (QED) is 0.893. The van der Waals surface area contributed by atoms with E-state index in [1.165, 1.54) is 0 Å². The highest BCUT2D eigenvalue weighted by atomic mass is 35.5. The van der Waals surface area contributed by atoms with Crippen molar-refractivity contribution in [2.75, 3.05) is 11.9 Å². The molecule has 104 valence electrons. The van der Waals surface area contributed by atoms with Gasteiger partial charge in [0.1, 0.15) is 5.75 Å². The van der Waals surface area contributed by atoms with Crippen molar-refractivity contribution < 1.29 is 9.53 Å². The average Bonchev–Trinajstić information content (AvgIpc) is 2.41. The second-order valence-electron chi connectivity index (χ2n) is 4.04. The summed E-state index contributed by atoms with van der Waals surface area (Å²) in [5.74, 6) is 0.311. The molecule has 2 aromatic rings. The van der Waals surface area contributed by atoms with Crippen LogP contribution in [0.1, 0.15) is 17.3 Å². The maximum atomic E-state index is 12.1. The lowest BCUT2D eigenvalue weighted by atomic mass is 10.2. The van der Waals surface area contributed by atoms with Crippen LogP contribution in [0.25, 0.3) is 0 Å². The second kappa shape index (κ2) is 6.64. The summed E-state index contributed by atoms with van der Waals surface area (Å²) in [6, 6.07) is 11.9. The fraction of sp³-hybridized carbons (Fsp3) is 0.133. The molecule has 0 heterocycles. The van der Waals surface area contributed by atoms with Gasteiger partial charge in [-0.15, -0.1) is 0 Å². The number of ether oxygens (including phenoxy) is 1. The van der Waals surface area contributed by atoms with Gasteiger partial charge in [-0.25, -0.2) is 0 Å². The summed E-state index contributed by atoms with van der Waals surface area (Å²) < 4.78 is 5.32. The molecule has 2 aromatic carbocycles. The molecule has 0 spiro atoms. The molecule has 1 N–H and O–H groups in total. The lowest BCUT2D eigenvalue weighted by Crippen LogP contribution is -2.11. The summed E-state index contributed by atoms with van der Waals surface area (Å²) in [6.07, 6.45) is 0. The Balaban J connectivity index is 2.15. The van der Waals surface area contributed by atoms with Crippen LogP contribution >= 0.6 is 23.2 Å². The van der Waals surface area contributed by atoms with Gasteiger partial charge in [0.2, 0.25) is 0 Å². The summed E-state index contributed by atoms with van der Waals surface area (Å²) in [5, 5.41) is 3.73. The van der Waals surface area contributed by atoms with Gasteiger partial charge >= 0.3 is 0 Å². The molecular formula is C15H13Cl2NO2. The van der Waals surface area contributed by atoms with Crippen molar-refractivity contribution in [3.05, 3.63) is 58.1 Å². The summed E-state index contributed by atoms with van der Waals surface area (Å²) in [7, 11) is 0. The lowest BCUT2D eigenvalue weighted by molar-refractivity contribution is 0.102. The first-order valence-corrected chi connectivity index (χ1v) is 6.85. The molecule has 0 fully saturated rings. The molecule has 0 aliphatic heterocycles. The van der Waals surface area contributed by atoms with Crippen LogP contribution in [0.15, 0.2) is 42.5 Å². The van der Waals surface area contributed by atoms with Gasteiger partial charge in [0.15, 0.2) is 0 Å². The normalized spacial score (nSPS) is 10.2. The zero-order chi connectivity index (χ0) is 14.5. The maximum absolute atomic E-state index is 12.1. The van der Waals surface area contributed by atoms with Crippen LogP contribution in [-0.4, -0.2) is 12.5 Å². The van der Waals surface area contributed by atoms with E-state index in [1.807, 2.05) is 6.92 Å². The Morgan fingerprint density at radius 1 is 1.20 bits per heavy atom. The van der Waals surface area contributed by atoms with Gasteiger partial charge in [-0.1, -0.05) is 29.3 Å². The molecule has 0 aromatic heterocycles. The monoisotopic (exact) mass is 309 g/mol. The molecule has 0 saturated heterocycles. The van der Waals surface area contributed by atoms with Gasteiger partial charge in [0.05, 0.1) is 11.6 Å². The van der Waals surface area contributed by atoms with Crippen LogP contribution in [0.2, 0.25) is 10.0 Å². The topological polar surface area (TPSA) is 38.3 Å². The van der Waals surface area contributed by atoms with Gasteiger partial charge in [-0.05, 0) is 43.3 Å². The van der Waals surface area contributed by atoms with Crippen molar-refractivity contribution in [2.45, 2.75) is 6.92 Å². The van der Waals surface area contributed by atoms with Crippen LogP contribution in [0.4, 0.5) is 5.69 Å². The molecule has 3 nitrogen and oxygen atoms in total. The van der Waals surface area contributed by atoms with Crippen molar-refractivity contribution >= 4 is 34.8 Å². The van der Waals surface area contributed by atoms with Crippen LogP contribution in [0.5, 0.6) is 5.75 Å². The third kappa shape index (κ3) is 3.65. The number of carbonyl (C=O) groups excluding carboxylic acids is 1. The fourth-order valence-corrected chi connectivity index (χ4v) is 2.11. The molecule has 2 rings (SSSR count). The molecule has 0 aliphatic carbocycles. The number of hydrogen-bond donors (Lipinski definition) is 1. The molecule has 5 heteroatoms. The van der Waals surface area contributed by atoms with Crippen LogP contribution in [0, 0.1) is 0 Å². The molecule has 0 radical (unpaired) electrons. The summed E-state index contributed by atoms with van der Waals surface area (Å²) >= 11 is 11.9. The van der Waals surface area contributed by atoms with Crippen LogP contribution in [0.3, 0.4) is 0 Å². The van der Waals surface area contributed by atoms with E-state index in [0.29, 0.717) is 33.7 Å².